The first kappa shape index (κ1) is 14.1. The first-order chi connectivity index (χ1) is 7.99. The summed E-state index contributed by atoms with van der Waals surface area (Å²) in [6.45, 7) is 5.50. The molecule has 0 spiro atoms. The number of carbonyl (C=O) groups excluding carboxylic acids is 2. The Balaban J connectivity index is 2.56. The quantitative estimate of drug-likeness (QED) is 0.528. The number of nitrogens with zero attached hydrogens (tertiary/aromatic N) is 2. The number of imide groups is 1. The SMILES string of the molecule is CNCCCN(C)C1CC(=O)N(C(C)C)C1=O. The molecule has 1 aliphatic heterocycles. The van der Waals surface area contributed by atoms with Crippen LogP contribution in [0.2, 0.25) is 0 Å². The van der Waals surface area contributed by atoms with E-state index < -0.39 is 0 Å². The summed E-state index contributed by atoms with van der Waals surface area (Å²) in [5, 5.41) is 3.07. The second kappa shape index (κ2) is 6.12. The van der Waals surface area contributed by atoms with Crippen molar-refractivity contribution >= 4 is 11.8 Å². The van der Waals surface area contributed by atoms with Crippen molar-refractivity contribution in [1.29, 1.82) is 0 Å². The third kappa shape index (κ3) is 3.26. The van der Waals surface area contributed by atoms with E-state index in [0.29, 0.717) is 6.42 Å². The molecule has 1 heterocycles. The number of amides is 2. The van der Waals surface area contributed by atoms with E-state index in [1.54, 1.807) is 0 Å². The Morgan fingerprint density at radius 2 is 2.12 bits per heavy atom. The average Bonchev–Trinajstić information content (AvgIpc) is 2.54. The Kier molecular flexibility index (Phi) is 5.08. The van der Waals surface area contributed by atoms with Gasteiger partial charge in [0.2, 0.25) is 11.8 Å². The van der Waals surface area contributed by atoms with Gasteiger partial charge in [0, 0.05) is 6.04 Å². The summed E-state index contributed by atoms with van der Waals surface area (Å²) in [6, 6.07) is -0.299. The fourth-order valence-corrected chi connectivity index (χ4v) is 2.18. The van der Waals surface area contributed by atoms with Gasteiger partial charge < -0.3 is 5.32 Å². The molecule has 0 aromatic rings. The van der Waals surface area contributed by atoms with Crippen molar-refractivity contribution < 1.29 is 9.59 Å². The van der Waals surface area contributed by atoms with Crippen molar-refractivity contribution in [3.63, 3.8) is 0 Å². The molecule has 1 atom stereocenters. The minimum absolute atomic E-state index is 0.0364. The van der Waals surface area contributed by atoms with E-state index in [-0.39, 0.29) is 23.9 Å². The monoisotopic (exact) mass is 241 g/mol. The first-order valence-electron chi connectivity index (χ1n) is 6.19. The highest BCUT2D eigenvalue weighted by atomic mass is 16.2. The van der Waals surface area contributed by atoms with Gasteiger partial charge in [-0.05, 0) is 47.5 Å². The van der Waals surface area contributed by atoms with Crippen LogP contribution < -0.4 is 5.32 Å². The number of rotatable bonds is 6. The molecule has 1 unspecified atom stereocenters. The summed E-state index contributed by atoms with van der Waals surface area (Å²) in [6.07, 6.45) is 1.31. The van der Waals surface area contributed by atoms with Gasteiger partial charge in [0.1, 0.15) is 0 Å². The fraction of sp³-hybridized carbons (Fsp3) is 0.833. The highest BCUT2D eigenvalue weighted by Gasteiger charge is 2.41. The molecule has 5 heteroatoms. The summed E-state index contributed by atoms with van der Waals surface area (Å²) in [7, 11) is 3.82. The Bertz CT molecular complexity index is 291. The third-order valence-corrected chi connectivity index (χ3v) is 3.15. The van der Waals surface area contributed by atoms with Crippen molar-refractivity contribution in [2.24, 2.45) is 0 Å². The Morgan fingerprint density at radius 3 is 2.59 bits per heavy atom. The first-order valence-corrected chi connectivity index (χ1v) is 6.19. The smallest absolute Gasteiger partial charge is 0.247 e. The number of likely N-dealkylation sites (tertiary alicyclic amines) is 1. The Labute approximate surface area is 103 Å². The number of hydrogen-bond donors (Lipinski definition) is 1. The van der Waals surface area contributed by atoms with E-state index in [4.69, 9.17) is 0 Å². The topological polar surface area (TPSA) is 52.7 Å². The molecule has 1 rings (SSSR count). The minimum Gasteiger partial charge on any atom is -0.320 e. The summed E-state index contributed by atoms with van der Waals surface area (Å²) in [5.41, 5.74) is 0. The lowest BCUT2D eigenvalue weighted by Crippen LogP contribution is -2.43. The van der Waals surface area contributed by atoms with Gasteiger partial charge in [0.25, 0.3) is 0 Å². The number of likely N-dealkylation sites (N-methyl/N-ethyl adjacent to an activating group) is 1. The molecule has 5 nitrogen and oxygen atoms in total. The Morgan fingerprint density at radius 1 is 1.47 bits per heavy atom. The molecule has 98 valence electrons. The van der Waals surface area contributed by atoms with Crippen LogP contribution in [0.15, 0.2) is 0 Å². The van der Waals surface area contributed by atoms with Gasteiger partial charge in [-0.25, -0.2) is 0 Å². The molecule has 0 radical (unpaired) electrons. The third-order valence-electron chi connectivity index (χ3n) is 3.15. The molecule has 0 aromatic heterocycles. The van der Waals surface area contributed by atoms with Crippen LogP contribution in [0.25, 0.3) is 0 Å². The van der Waals surface area contributed by atoms with Crippen LogP contribution in [0, 0.1) is 0 Å². The molecule has 1 N–H and O–H groups in total. The highest BCUT2D eigenvalue weighted by Crippen LogP contribution is 2.20. The molecule has 1 saturated heterocycles. The van der Waals surface area contributed by atoms with Crippen molar-refractivity contribution in [1.82, 2.24) is 15.1 Å². The van der Waals surface area contributed by atoms with E-state index in [1.165, 1.54) is 4.90 Å². The second-order valence-corrected chi connectivity index (χ2v) is 4.85. The van der Waals surface area contributed by atoms with E-state index in [2.05, 4.69) is 5.32 Å². The van der Waals surface area contributed by atoms with Crippen molar-refractivity contribution in [2.45, 2.75) is 38.8 Å². The lowest BCUT2D eigenvalue weighted by atomic mass is 10.2. The van der Waals surface area contributed by atoms with E-state index in [9.17, 15) is 9.59 Å². The predicted octanol–water partition coefficient (Wildman–Crippen LogP) is 0.0636. The van der Waals surface area contributed by atoms with Crippen LogP contribution >= 0.6 is 0 Å². The van der Waals surface area contributed by atoms with Crippen LogP contribution in [0.3, 0.4) is 0 Å². The van der Waals surface area contributed by atoms with E-state index >= 15 is 0 Å². The standard InChI is InChI=1S/C12H23N3O2/c1-9(2)15-11(16)8-10(12(15)17)14(4)7-5-6-13-3/h9-10,13H,5-8H2,1-4H3. The van der Waals surface area contributed by atoms with Crippen LogP contribution in [0.1, 0.15) is 26.7 Å². The van der Waals surface area contributed by atoms with Gasteiger partial charge in [0.05, 0.1) is 12.5 Å². The zero-order valence-corrected chi connectivity index (χ0v) is 11.2. The molecule has 17 heavy (non-hydrogen) atoms. The summed E-state index contributed by atoms with van der Waals surface area (Å²) in [4.78, 5) is 27.2. The van der Waals surface area contributed by atoms with Crippen molar-refractivity contribution in [2.75, 3.05) is 27.2 Å². The zero-order valence-electron chi connectivity index (χ0n) is 11.2. The lowest BCUT2D eigenvalue weighted by molar-refractivity contribution is -0.141. The minimum atomic E-state index is -0.262. The number of carbonyl (C=O) groups is 2. The van der Waals surface area contributed by atoms with Gasteiger partial charge in [-0.15, -0.1) is 0 Å². The Hall–Kier alpha value is -0.940. The molecule has 0 aliphatic carbocycles. The maximum absolute atomic E-state index is 12.1. The largest absolute Gasteiger partial charge is 0.320 e. The van der Waals surface area contributed by atoms with Crippen LogP contribution in [0.4, 0.5) is 0 Å². The summed E-state index contributed by atoms with van der Waals surface area (Å²) >= 11 is 0. The second-order valence-electron chi connectivity index (χ2n) is 4.85. The van der Waals surface area contributed by atoms with Crippen LogP contribution in [-0.4, -0.2) is 60.9 Å². The van der Waals surface area contributed by atoms with Crippen molar-refractivity contribution in [3.8, 4) is 0 Å². The van der Waals surface area contributed by atoms with Gasteiger partial charge in [-0.2, -0.15) is 0 Å². The van der Waals surface area contributed by atoms with E-state index in [0.717, 1.165) is 19.5 Å². The van der Waals surface area contributed by atoms with Gasteiger partial charge in [0.15, 0.2) is 0 Å². The molecular formula is C12H23N3O2. The molecule has 1 aliphatic rings. The number of hydrogen-bond acceptors (Lipinski definition) is 4. The molecule has 0 bridgehead atoms. The van der Waals surface area contributed by atoms with Gasteiger partial charge >= 0.3 is 0 Å². The fourth-order valence-electron chi connectivity index (χ4n) is 2.18. The van der Waals surface area contributed by atoms with Crippen LogP contribution in [0.5, 0.6) is 0 Å². The normalized spacial score (nSPS) is 21.1. The van der Waals surface area contributed by atoms with E-state index in [1.807, 2.05) is 32.8 Å². The lowest BCUT2D eigenvalue weighted by Gasteiger charge is -2.24. The summed E-state index contributed by atoms with van der Waals surface area (Å²) < 4.78 is 0. The maximum Gasteiger partial charge on any atom is 0.247 e. The van der Waals surface area contributed by atoms with Crippen LogP contribution in [-0.2, 0) is 9.59 Å². The predicted molar refractivity (Wildman–Crippen MR) is 66.6 cm³/mol. The molecule has 0 saturated carbocycles. The number of nitrogens with one attached hydrogen (secondary N) is 1. The molecule has 1 fully saturated rings. The van der Waals surface area contributed by atoms with Crippen molar-refractivity contribution in [3.05, 3.63) is 0 Å². The molecule has 2 amide bonds. The summed E-state index contributed by atoms with van der Waals surface area (Å²) in [5.74, 6) is -0.0903. The van der Waals surface area contributed by atoms with Gasteiger partial charge in [-0.3, -0.25) is 19.4 Å². The molecular weight excluding hydrogens is 218 g/mol. The van der Waals surface area contributed by atoms with Gasteiger partial charge in [-0.1, -0.05) is 0 Å². The average molecular weight is 241 g/mol. The maximum atomic E-state index is 12.1. The zero-order chi connectivity index (χ0) is 13.0. The molecule has 0 aromatic carbocycles. The highest BCUT2D eigenvalue weighted by molar-refractivity contribution is 6.05.